The molecule has 0 aromatic heterocycles. The molecule has 0 aliphatic heterocycles. The third-order valence-corrected chi connectivity index (χ3v) is 4.06. The lowest BCUT2D eigenvalue weighted by atomic mass is 9.74. The fourth-order valence-electron chi connectivity index (χ4n) is 2.61. The van der Waals surface area contributed by atoms with Crippen LogP contribution in [-0.2, 0) is 0 Å². The van der Waals surface area contributed by atoms with Crippen molar-refractivity contribution in [3.8, 4) is 0 Å². The predicted octanol–water partition coefficient (Wildman–Crippen LogP) is 2.28. The lowest BCUT2D eigenvalue weighted by molar-refractivity contribution is 0.213. The second-order valence-corrected chi connectivity index (χ2v) is 6.41. The Balaban J connectivity index is 1.80. The van der Waals surface area contributed by atoms with Crippen LogP contribution < -0.4 is 16.4 Å². The molecule has 4 nitrogen and oxygen atoms in total. The molecule has 2 amide bonds. The van der Waals surface area contributed by atoms with E-state index in [1.165, 1.54) is 11.1 Å². The van der Waals surface area contributed by atoms with Gasteiger partial charge in [-0.1, -0.05) is 24.3 Å². The van der Waals surface area contributed by atoms with Crippen molar-refractivity contribution in [2.75, 3.05) is 6.54 Å². The first-order chi connectivity index (χ1) is 9.41. The maximum absolute atomic E-state index is 11.9. The molecule has 110 valence electrons. The third kappa shape index (κ3) is 3.51. The van der Waals surface area contributed by atoms with Crippen molar-refractivity contribution < 1.29 is 4.79 Å². The summed E-state index contributed by atoms with van der Waals surface area (Å²) in [7, 11) is 0. The molecule has 0 unspecified atom stereocenters. The fourth-order valence-corrected chi connectivity index (χ4v) is 2.61. The number of urea groups is 1. The summed E-state index contributed by atoms with van der Waals surface area (Å²) in [5, 5.41) is 5.92. The van der Waals surface area contributed by atoms with Gasteiger partial charge in [0.05, 0.1) is 0 Å². The van der Waals surface area contributed by atoms with Crippen LogP contribution in [0.2, 0.25) is 0 Å². The van der Waals surface area contributed by atoms with Crippen LogP contribution in [-0.4, -0.2) is 24.2 Å². The van der Waals surface area contributed by atoms with E-state index in [4.69, 9.17) is 5.73 Å². The van der Waals surface area contributed by atoms with Crippen molar-refractivity contribution in [2.24, 2.45) is 5.73 Å². The first-order valence-corrected chi connectivity index (χ1v) is 7.25. The van der Waals surface area contributed by atoms with Crippen molar-refractivity contribution >= 4 is 6.03 Å². The van der Waals surface area contributed by atoms with Crippen LogP contribution in [0, 0.1) is 6.92 Å². The van der Waals surface area contributed by atoms with Gasteiger partial charge in [0, 0.05) is 18.1 Å². The van der Waals surface area contributed by atoms with E-state index in [2.05, 4.69) is 41.8 Å². The average Bonchev–Trinajstić information content (AvgIpc) is 2.34. The van der Waals surface area contributed by atoms with Crippen molar-refractivity contribution in [1.29, 1.82) is 0 Å². The lowest BCUT2D eigenvalue weighted by Crippen LogP contribution is -2.56. The first kappa shape index (κ1) is 14.9. The average molecular weight is 275 g/mol. The Kier molecular flexibility index (Phi) is 4.33. The maximum Gasteiger partial charge on any atom is 0.315 e. The van der Waals surface area contributed by atoms with Gasteiger partial charge in [0.25, 0.3) is 0 Å². The normalized spacial score (nSPS) is 22.0. The highest BCUT2D eigenvalue weighted by Gasteiger charge is 2.32. The molecule has 1 fully saturated rings. The van der Waals surface area contributed by atoms with Crippen LogP contribution in [0.25, 0.3) is 0 Å². The molecule has 1 aliphatic carbocycles. The molecule has 0 saturated heterocycles. The van der Waals surface area contributed by atoms with E-state index in [1.54, 1.807) is 0 Å². The summed E-state index contributed by atoms with van der Waals surface area (Å²) in [5.41, 5.74) is 7.99. The summed E-state index contributed by atoms with van der Waals surface area (Å²) in [6, 6.07) is 8.64. The lowest BCUT2D eigenvalue weighted by Gasteiger charge is -2.37. The number of amides is 2. The van der Waals surface area contributed by atoms with Gasteiger partial charge in [-0.3, -0.25) is 0 Å². The number of aryl methyl sites for hydroxylation is 1. The van der Waals surface area contributed by atoms with Crippen molar-refractivity contribution in [3.63, 3.8) is 0 Å². The fraction of sp³-hybridized carbons (Fsp3) is 0.562. The minimum Gasteiger partial charge on any atom is -0.335 e. The first-order valence-electron chi connectivity index (χ1n) is 7.25. The Morgan fingerprint density at radius 1 is 1.35 bits per heavy atom. The van der Waals surface area contributed by atoms with Crippen LogP contribution in [0.5, 0.6) is 0 Å². The van der Waals surface area contributed by atoms with E-state index in [0.29, 0.717) is 12.5 Å². The van der Waals surface area contributed by atoms with Gasteiger partial charge >= 0.3 is 6.03 Å². The molecule has 0 radical (unpaired) electrons. The third-order valence-electron chi connectivity index (χ3n) is 4.06. The number of hydrogen-bond donors (Lipinski definition) is 3. The largest absolute Gasteiger partial charge is 0.335 e. The molecule has 1 saturated carbocycles. The maximum atomic E-state index is 11.9. The van der Waals surface area contributed by atoms with Crippen molar-refractivity contribution in [3.05, 3.63) is 35.4 Å². The van der Waals surface area contributed by atoms with Gasteiger partial charge in [-0.2, -0.15) is 0 Å². The Morgan fingerprint density at radius 3 is 2.60 bits per heavy atom. The van der Waals surface area contributed by atoms with Crippen LogP contribution in [0.3, 0.4) is 0 Å². The minimum absolute atomic E-state index is 0.117. The van der Waals surface area contributed by atoms with E-state index in [-0.39, 0.29) is 17.6 Å². The van der Waals surface area contributed by atoms with E-state index < -0.39 is 0 Å². The van der Waals surface area contributed by atoms with E-state index in [9.17, 15) is 4.79 Å². The second-order valence-electron chi connectivity index (χ2n) is 6.41. The molecule has 2 rings (SSSR count). The van der Waals surface area contributed by atoms with Gasteiger partial charge in [0.1, 0.15) is 0 Å². The summed E-state index contributed by atoms with van der Waals surface area (Å²) in [5.74, 6) is 0.573. The molecular formula is C16H25N3O. The SMILES string of the molecule is Cc1ccccc1C1CC(NC(=O)NC(C)(C)CN)C1. The Bertz CT molecular complexity index is 478. The highest BCUT2D eigenvalue weighted by molar-refractivity contribution is 5.75. The van der Waals surface area contributed by atoms with Gasteiger partial charge < -0.3 is 16.4 Å². The zero-order valence-electron chi connectivity index (χ0n) is 12.6. The van der Waals surface area contributed by atoms with Crippen LogP contribution >= 0.6 is 0 Å². The summed E-state index contributed by atoms with van der Waals surface area (Å²) >= 11 is 0. The monoisotopic (exact) mass is 275 g/mol. The minimum atomic E-state index is -0.358. The standard InChI is InChI=1S/C16H25N3O/c1-11-6-4-5-7-14(11)12-8-13(9-12)18-15(20)19-16(2,3)10-17/h4-7,12-13H,8-10,17H2,1-3H3,(H2,18,19,20). The molecule has 1 aromatic carbocycles. The Hall–Kier alpha value is -1.55. The Labute approximate surface area is 121 Å². The summed E-state index contributed by atoms with van der Waals surface area (Å²) in [6.45, 7) is 6.41. The zero-order valence-corrected chi connectivity index (χ0v) is 12.6. The van der Waals surface area contributed by atoms with E-state index in [0.717, 1.165) is 12.8 Å². The molecule has 4 N–H and O–H groups in total. The van der Waals surface area contributed by atoms with Crippen LogP contribution in [0.4, 0.5) is 4.79 Å². The number of nitrogens with one attached hydrogen (secondary N) is 2. The van der Waals surface area contributed by atoms with Gasteiger partial charge in [0.2, 0.25) is 0 Å². The molecule has 0 spiro atoms. The van der Waals surface area contributed by atoms with Gasteiger partial charge in [-0.05, 0) is 50.7 Å². The summed E-state index contributed by atoms with van der Waals surface area (Å²) in [6.07, 6.45) is 2.03. The van der Waals surface area contributed by atoms with E-state index in [1.807, 2.05) is 13.8 Å². The number of rotatable bonds is 4. The highest BCUT2D eigenvalue weighted by Crippen LogP contribution is 2.38. The highest BCUT2D eigenvalue weighted by atomic mass is 16.2. The molecule has 0 atom stereocenters. The number of hydrogen-bond acceptors (Lipinski definition) is 2. The number of carbonyl (C=O) groups is 1. The summed E-state index contributed by atoms with van der Waals surface area (Å²) in [4.78, 5) is 11.9. The summed E-state index contributed by atoms with van der Waals surface area (Å²) < 4.78 is 0. The van der Waals surface area contributed by atoms with Crippen molar-refractivity contribution in [1.82, 2.24) is 10.6 Å². The van der Waals surface area contributed by atoms with Gasteiger partial charge in [-0.25, -0.2) is 4.79 Å². The number of nitrogens with two attached hydrogens (primary N) is 1. The number of carbonyl (C=O) groups excluding carboxylic acids is 1. The second kappa shape index (κ2) is 5.83. The quantitative estimate of drug-likeness (QED) is 0.789. The smallest absolute Gasteiger partial charge is 0.315 e. The number of benzene rings is 1. The molecular weight excluding hydrogens is 250 g/mol. The molecule has 0 heterocycles. The van der Waals surface area contributed by atoms with Crippen LogP contribution in [0.1, 0.15) is 43.7 Å². The molecule has 1 aliphatic rings. The predicted molar refractivity (Wildman–Crippen MR) is 81.7 cm³/mol. The van der Waals surface area contributed by atoms with Gasteiger partial charge in [0.15, 0.2) is 0 Å². The Morgan fingerprint density at radius 2 is 2.00 bits per heavy atom. The molecule has 0 bridgehead atoms. The molecule has 1 aromatic rings. The van der Waals surface area contributed by atoms with Crippen molar-refractivity contribution in [2.45, 2.75) is 51.1 Å². The molecule has 4 heteroatoms. The van der Waals surface area contributed by atoms with E-state index >= 15 is 0 Å². The topological polar surface area (TPSA) is 67.2 Å². The van der Waals surface area contributed by atoms with Gasteiger partial charge in [-0.15, -0.1) is 0 Å². The van der Waals surface area contributed by atoms with Crippen LogP contribution in [0.15, 0.2) is 24.3 Å². The molecule has 20 heavy (non-hydrogen) atoms. The zero-order chi connectivity index (χ0) is 14.8.